The third-order valence-electron chi connectivity index (χ3n) is 7.53. The lowest BCUT2D eigenvalue weighted by atomic mass is 10.1. The number of hydrogen-bond acceptors (Lipinski definition) is 12. The second-order valence-corrected chi connectivity index (χ2v) is 18.5. The highest BCUT2D eigenvalue weighted by atomic mass is 35.5. The van der Waals surface area contributed by atoms with Crippen LogP contribution < -0.4 is 26.6 Å². The van der Waals surface area contributed by atoms with Crippen molar-refractivity contribution >= 4 is 83.2 Å². The van der Waals surface area contributed by atoms with Crippen LogP contribution in [0, 0.1) is 0 Å². The molecule has 1 heterocycles. The number of esters is 1. The number of carbonyl (C=O) groups is 7. The summed E-state index contributed by atoms with van der Waals surface area (Å²) in [6.07, 6.45) is -2.69. The molecule has 0 aliphatic carbocycles. The summed E-state index contributed by atoms with van der Waals surface area (Å²) in [6.45, 7) is 13.7. The first-order chi connectivity index (χ1) is 28.8. The predicted molar refractivity (Wildman–Crippen MR) is 232 cm³/mol. The molecule has 5 N–H and O–H groups in total. The number of carbonyl (C=O) groups excluding carboxylic acids is 7. The molecule has 62 heavy (non-hydrogen) atoms. The molecule has 19 nitrogen and oxygen atoms in total. The summed E-state index contributed by atoms with van der Waals surface area (Å²) < 4.78 is 22.6. The largest absolute Gasteiger partial charge is 0.444 e. The third kappa shape index (κ3) is 19.1. The van der Waals surface area contributed by atoms with Crippen molar-refractivity contribution in [3.05, 3.63) is 69.7 Å². The van der Waals surface area contributed by atoms with Crippen LogP contribution in [0.15, 0.2) is 53.5 Å². The number of benzene rings is 2. The van der Waals surface area contributed by atoms with Gasteiger partial charge < -0.3 is 40.2 Å². The van der Waals surface area contributed by atoms with Crippen LogP contribution in [0.5, 0.6) is 0 Å². The van der Waals surface area contributed by atoms with E-state index in [0.717, 1.165) is 22.4 Å². The van der Waals surface area contributed by atoms with E-state index in [4.69, 9.17) is 42.1 Å². The van der Waals surface area contributed by atoms with Gasteiger partial charge in [0.25, 0.3) is 5.91 Å². The lowest BCUT2D eigenvalue weighted by Crippen LogP contribution is -2.50. The van der Waals surface area contributed by atoms with Gasteiger partial charge >= 0.3 is 30.3 Å². The van der Waals surface area contributed by atoms with Crippen LogP contribution >= 0.6 is 35.1 Å². The molecule has 0 saturated carbocycles. The summed E-state index contributed by atoms with van der Waals surface area (Å²) >= 11 is 13.0. The van der Waals surface area contributed by atoms with Crippen molar-refractivity contribution in [1.82, 2.24) is 35.8 Å². The maximum Gasteiger partial charge on any atom is 0.437 e. The molecule has 0 radical (unpaired) electrons. The van der Waals surface area contributed by atoms with Crippen molar-refractivity contribution in [2.75, 3.05) is 19.8 Å². The molecule has 1 aliphatic rings. The minimum absolute atomic E-state index is 0.0197. The molecule has 0 spiro atoms. The summed E-state index contributed by atoms with van der Waals surface area (Å²) in [5.74, 6) is -2.53. The van der Waals surface area contributed by atoms with Gasteiger partial charge in [0.2, 0.25) is 11.9 Å². The molecule has 340 valence electrons. The Labute approximate surface area is 374 Å². The van der Waals surface area contributed by atoms with Crippen LogP contribution in [-0.4, -0.2) is 105 Å². The quantitative estimate of drug-likeness (QED) is 0.0351. The summed E-state index contributed by atoms with van der Waals surface area (Å²) in [5, 5.41) is 13.8. The molecule has 7 amide bonds. The van der Waals surface area contributed by atoms with Crippen LogP contribution in [0.4, 0.5) is 19.2 Å². The van der Waals surface area contributed by atoms with E-state index >= 15 is 0 Å². The summed E-state index contributed by atoms with van der Waals surface area (Å²) in [7, 11) is 0. The highest BCUT2D eigenvalue weighted by Gasteiger charge is 2.40. The molecule has 0 bridgehead atoms. The average molecular weight is 926 g/mol. The second-order valence-electron chi connectivity index (χ2n) is 16.6. The van der Waals surface area contributed by atoms with Gasteiger partial charge in [0.1, 0.15) is 29.4 Å². The van der Waals surface area contributed by atoms with Crippen LogP contribution in [0.3, 0.4) is 0 Å². The van der Waals surface area contributed by atoms with Crippen molar-refractivity contribution in [3.63, 3.8) is 0 Å². The topological polar surface area (TPSA) is 235 Å². The number of nitrogens with zero attached hydrogens (tertiary/aromatic N) is 3. The van der Waals surface area contributed by atoms with Gasteiger partial charge in [-0.3, -0.25) is 28.9 Å². The van der Waals surface area contributed by atoms with E-state index < -0.39 is 83.7 Å². The van der Waals surface area contributed by atoms with Crippen molar-refractivity contribution < 1.29 is 52.5 Å². The molecule has 1 saturated heterocycles. The number of halogens is 2. The molecule has 2 aromatic carbocycles. The van der Waals surface area contributed by atoms with Crippen LogP contribution in [0.2, 0.25) is 10.0 Å². The van der Waals surface area contributed by atoms with E-state index in [2.05, 4.69) is 31.6 Å². The van der Waals surface area contributed by atoms with E-state index in [-0.39, 0.29) is 37.5 Å². The number of alkyl carbamates (subject to hydrolysis) is 2. The molecular weight excluding hydrogens is 871 g/mol. The fourth-order valence-corrected chi connectivity index (χ4v) is 6.28. The Hall–Kier alpha value is -5.47. The third-order valence-corrected chi connectivity index (χ3v) is 9.14. The fraction of sp³-hybridized carbons (Fsp3) is 0.500. The average Bonchev–Trinajstić information content (AvgIpc) is 3.41. The zero-order chi connectivity index (χ0) is 46.4. The number of ether oxygens (including phenoxy) is 4. The zero-order valence-corrected chi connectivity index (χ0v) is 38.3. The predicted octanol–water partition coefficient (Wildman–Crippen LogP) is 6.29. The number of amides is 7. The monoisotopic (exact) mass is 924 g/mol. The van der Waals surface area contributed by atoms with E-state index in [1.54, 1.807) is 98.7 Å². The smallest absolute Gasteiger partial charge is 0.437 e. The number of guanidine groups is 1. The molecular formula is C40H54Cl2N8O11S. The Bertz CT molecular complexity index is 1950. The second kappa shape index (κ2) is 22.6. The number of nitrogens with one attached hydrogen (secondary N) is 5. The fourth-order valence-electron chi connectivity index (χ4n) is 4.95. The number of aliphatic imine (C=N–C) groups is 1. The number of rotatable bonds is 14. The molecule has 2 aromatic rings. The van der Waals surface area contributed by atoms with Gasteiger partial charge in [-0.25, -0.2) is 19.2 Å². The van der Waals surface area contributed by atoms with Crippen LogP contribution in [0.1, 0.15) is 91.1 Å². The summed E-state index contributed by atoms with van der Waals surface area (Å²) in [4.78, 5) is 95.6. The first kappa shape index (κ1) is 50.9. The molecule has 1 unspecified atom stereocenters. The van der Waals surface area contributed by atoms with E-state index in [9.17, 15) is 33.6 Å². The van der Waals surface area contributed by atoms with Gasteiger partial charge in [-0.2, -0.15) is 0 Å². The van der Waals surface area contributed by atoms with Gasteiger partial charge in [0.15, 0.2) is 12.2 Å². The Kier molecular flexibility index (Phi) is 18.5. The van der Waals surface area contributed by atoms with E-state index in [0.29, 0.717) is 10.0 Å². The Morgan fingerprint density at radius 2 is 1.35 bits per heavy atom. The van der Waals surface area contributed by atoms with Crippen molar-refractivity contribution in [1.29, 1.82) is 0 Å². The molecule has 2 atom stereocenters. The van der Waals surface area contributed by atoms with E-state index in [1.807, 2.05) is 0 Å². The normalized spacial score (nSPS) is 14.9. The van der Waals surface area contributed by atoms with Gasteiger partial charge in [0, 0.05) is 34.1 Å². The standard InChI is InChI=1S/C40H54Cl2N8O11S/c1-38(2,3)59-34(54)45-28(11-10-20-43-32(47-35(55)60-39(4,5)6)48-36(56)61-40(7,8)9)31(53)44-21-29(51)58-23-49-33(46-30(52)25-14-18-27(42)19-15-25)62-50(37(49)57)22-24-12-16-26(41)17-13-24/h12-19,28,33H,10-11,20-23H2,1-9H3,(H,44,53)(H,45,54)(H,46,52)(H2,43,47,48,55,56)/t28-,33?/m0/s1. The van der Waals surface area contributed by atoms with Crippen LogP contribution in [-0.2, 0) is 35.1 Å². The highest BCUT2D eigenvalue weighted by Crippen LogP contribution is 2.32. The SMILES string of the molecule is CC(C)(C)OC(=O)/N=C(\NCCC[C@H](NC(=O)OC(C)(C)C)C(=O)NCC(=O)OCN1C(=O)N(Cc2ccc(Cl)cc2)SC1NC(=O)c1ccc(Cl)cc1)NC(=O)OC(C)(C)C. The molecule has 1 fully saturated rings. The molecule has 0 aromatic heterocycles. The maximum absolute atomic E-state index is 13.6. The van der Waals surface area contributed by atoms with Gasteiger partial charge in [-0.05, 0) is 117 Å². The summed E-state index contributed by atoms with van der Waals surface area (Å²) in [5.41, 5.74) is -2.61. The highest BCUT2D eigenvalue weighted by molar-refractivity contribution is 7.98. The van der Waals surface area contributed by atoms with Crippen molar-refractivity contribution in [2.45, 2.75) is 110 Å². The first-order valence-electron chi connectivity index (χ1n) is 19.3. The molecule has 1 aliphatic heterocycles. The lowest BCUT2D eigenvalue weighted by molar-refractivity contribution is -0.147. The van der Waals surface area contributed by atoms with E-state index in [1.165, 1.54) is 16.4 Å². The van der Waals surface area contributed by atoms with Gasteiger partial charge in [-0.1, -0.05) is 35.3 Å². The van der Waals surface area contributed by atoms with Crippen LogP contribution in [0.25, 0.3) is 0 Å². The summed E-state index contributed by atoms with van der Waals surface area (Å²) in [6, 6.07) is 11.1. The van der Waals surface area contributed by atoms with Crippen molar-refractivity contribution in [3.8, 4) is 0 Å². The van der Waals surface area contributed by atoms with Gasteiger partial charge in [0.05, 0.1) is 6.54 Å². The Morgan fingerprint density at radius 3 is 1.94 bits per heavy atom. The van der Waals surface area contributed by atoms with Gasteiger partial charge in [-0.15, -0.1) is 4.99 Å². The lowest BCUT2D eigenvalue weighted by Gasteiger charge is -2.24. The Morgan fingerprint density at radius 1 is 0.790 bits per heavy atom. The minimum atomic E-state index is -1.24. The number of hydrogen-bond donors (Lipinski definition) is 5. The van der Waals surface area contributed by atoms with Crippen molar-refractivity contribution in [2.24, 2.45) is 4.99 Å². The maximum atomic E-state index is 13.6. The molecule has 22 heteroatoms. The first-order valence-corrected chi connectivity index (χ1v) is 20.9. The number of urea groups is 1. The Balaban J connectivity index is 1.67. The minimum Gasteiger partial charge on any atom is -0.444 e. The zero-order valence-electron chi connectivity index (χ0n) is 36.0. The molecule has 3 rings (SSSR count).